The number of amides is 1. The SMILES string of the molecule is CNc1ccc(C(=O)Nc2ccc(C)c(OC)c2)cc1[N+](=O)[O-]. The van der Waals surface area contributed by atoms with Gasteiger partial charge in [0.1, 0.15) is 11.4 Å². The number of nitro groups is 1. The van der Waals surface area contributed by atoms with Gasteiger partial charge in [0, 0.05) is 30.4 Å². The third-order valence-electron chi connectivity index (χ3n) is 3.39. The molecule has 2 aromatic carbocycles. The molecule has 0 aliphatic rings. The Morgan fingerprint density at radius 1 is 1.22 bits per heavy atom. The number of aryl methyl sites for hydroxylation is 1. The minimum Gasteiger partial charge on any atom is -0.496 e. The molecule has 23 heavy (non-hydrogen) atoms. The van der Waals surface area contributed by atoms with Crippen molar-refractivity contribution in [2.24, 2.45) is 0 Å². The Kier molecular flexibility index (Phi) is 4.80. The average Bonchev–Trinajstić information content (AvgIpc) is 2.55. The summed E-state index contributed by atoms with van der Waals surface area (Å²) in [5.41, 5.74) is 1.90. The fraction of sp³-hybridized carbons (Fsp3) is 0.188. The van der Waals surface area contributed by atoms with E-state index in [9.17, 15) is 14.9 Å². The number of nitrogens with zero attached hydrogens (tertiary/aromatic N) is 1. The zero-order chi connectivity index (χ0) is 17.0. The number of hydrogen-bond donors (Lipinski definition) is 2. The highest BCUT2D eigenvalue weighted by molar-refractivity contribution is 6.05. The molecule has 7 nitrogen and oxygen atoms in total. The van der Waals surface area contributed by atoms with Gasteiger partial charge in [-0.3, -0.25) is 14.9 Å². The number of benzene rings is 2. The Morgan fingerprint density at radius 2 is 1.96 bits per heavy atom. The van der Waals surface area contributed by atoms with Crippen LogP contribution in [0.1, 0.15) is 15.9 Å². The normalized spacial score (nSPS) is 10.0. The summed E-state index contributed by atoms with van der Waals surface area (Å²) in [4.78, 5) is 22.8. The Hall–Kier alpha value is -3.09. The van der Waals surface area contributed by atoms with Crippen molar-refractivity contribution in [3.05, 3.63) is 57.6 Å². The van der Waals surface area contributed by atoms with Crippen LogP contribution in [0.3, 0.4) is 0 Å². The molecule has 0 heterocycles. The van der Waals surface area contributed by atoms with Crippen LogP contribution in [-0.2, 0) is 0 Å². The Morgan fingerprint density at radius 3 is 2.57 bits per heavy atom. The first-order chi connectivity index (χ1) is 11.0. The minimum atomic E-state index is -0.530. The molecule has 0 fully saturated rings. The highest BCUT2D eigenvalue weighted by Gasteiger charge is 2.17. The molecule has 0 radical (unpaired) electrons. The number of ether oxygens (including phenoxy) is 1. The second kappa shape index (κ2) is 6.78. The summed E-state index contributed by atoms with van der Waals surface area (Å²) in [7, 11) is 3.13. The molecule has 120 valence electrons. The van der Waals surface area contributed by atoms with Gasteiger partial charge in [-0.2, -0.15) is 0 Å². The lowest BCUT2D eigenvalue weighted by Gasteiger charge is -2.10. The molecule has 7 heteroatoms. The first-order valence-electron chi connectivity index (χ1n) is 6.88. The number of nitrogens with one attached hydrogen (secondary N) is 2. The van der Waals surface area contributed by atoms with E-state index < -0.39 is 10.8 Å². The zero-order valence-electron chi connectivity index (χ0n) is 13.0. The Bertz CT molecular complexity index is 759. The maximum atomic E-state index is 12.3. The molecule has 0 spiro atoms. The van der Waals surface area contributed by atoms with Crippen molar-refractivity contribution < 1.29 is 14.5 Å². The summed E-state index contributed by atoms with van der Waals surface area (Å²) in [6, 6.07) is 9.53. The molecule has 1 amide bonds. The zero-order valence-corrected chi connectivity index (χ0v) is 13.0. The molecule has 0 aromatic heterocycles. The van der Waals surface area contributed by atoms with Crippen LogP contribution in [0.5, 0.6) is 5.75 Å². The molecule has 0 saturated heterocycles. The highest BCUT2D eigenvalue weighted by atomic mass is 16.6. The molecule has 2 rings (SSSR count). The summed E-state index contributed by atoms with van der Waals surface area (Å²) in [5.74, 6) is 0.223. The van der Waals surface area contributed by atoms with E-state index in [1.807, 2.05) is 13.0 Å². The second-order valence-corrected chi connectivity index (χ2v) is 4.88. The number of hydrogen-bond acceptors (Lipinski definition) is 5. The van der Waals surface area contributed by atoms with Crippen LogP contribution in [0.15, 0.2) is 36.4 Å². The number of carbonyl (C=O) groups excluding carboxylic acids is 1. The minimum absolute atomic E-state index is 0.151. The lowest BCUT2D eigenvalue weighted by molar-refractivity contribution is -0.384. The molecule has 0 saturated carbocycles. The smallest absolute Gasteiger partial charge is 0.293 e. The quantitative estimate of drug-likeness (QED) is 0.653. The van der Waals surface area contributed by atoms with E-state index in [1.165, 1.54) is 18.2 Å². The van der Waals surface area contributed by atoms with Gasteiger partial charge in [0.05, 0.1) is 12.0 Å². The van der Waals surface area contributed by atoms with E-state index in [2.05, 4.69) is 10.6 Å². The van der Waals surface area contributed by atoms with Crippen LogP contribution < -0.4 is 15.4 Å². The number of rotatable bonds is 5. The first kappa shape index (κ1) is 16.3. The lowest BCUT2D eigenvalue weighted by Crippen LogP contribution is -2.12. The van der Waals surface area contributed by atoms with Crippen molar-refractivity contribution in [3.63, 3.8) is 0 Å². The standard InChI is InChI=1S/C16H17N3O4/c1-10-4-6-12(9-15(10)23-3)18-16(20)11-5-7-13(17-2)14(8-11)19(21)22/h4-9,17H,1-3H3,(H,18,20). The third-order valence-corrected chi connectivity index (χ3v) is 3.39. The number of anilines is 2. The average molecular weight is 315 g/mol. The molecule has 2 N–H and O–H groups in total. The first-order valence-corrected chi connectivity index (χ1v) is 6.88. The van der Waals surface area contributed by atoms with E-state index in [4.69, 9.17) is 4.74 Å². The molecule has 0 atom stereocenters. The van der Waals surface area contributed by atoms with E-state index in [-0.39, 0.29) is 11.3 Å². The van der Waals surface area contributed by atoms with Gasteiger partial charge >= 0.3 is 0 Å². The number of methoxy groups -OCH3 is 1. The Balaban J connectivity index is 2.27. The van der Waals surface area contributed by atoms with Gasteiger partial charge in [-0.1, -0.05) is 6.07 Å². The van der Waals surface area contributed by atoms with E-state index in [0.29, 0.717) is 17.1 Å². The van der Waals surface area contributed by atoms with E-state index in [0.717, 1.165) is 5.56 Å². The monoisotopic (exact) mass is 315 g/mol. The molecular weight excluding hydrogens is 298 g/mol. The summed E-state index contributed by atoms with van der Waals surface area (Å²) >= 11 is 0. The van der Waals surface area contributed by atoms with Crippen LogP contribution in [0.4, 0.5) is 17.1 Å². The molecular formula is C16H17N3O4. The fourth-order valence-corrected chi connectivity index (χ4v) is 2.14. The lowest BCUT2D eigenvalue weighted by atomic mass is 10.1. The summed E-state index contributed by atoms with van der Waals surface area (Å²) < 4.78 is 5.20. The van der Waals surface area contributed by atoms with Crippen LogP contribution in [0, 0.1) is 17.0 Å². The van der Waals surface area contributed by atoms with Gasteiger partial charge in [-0.25, -0.2) is 0 Å². The van der Waals surface area contributed by atoms with Crippen molar-refractivity contribution >= 4 is 23.0 Å². The van der Waals surface area contributed by atoms with Crippen LogP contribution in [-0.4, -0.2) is 25.0 Å². The second-order valence-electron chi connectivity index (χ2n) is 4.88. The molecule has 0 aliphatic heterocycles. The molecule has 0 aliphatic carbocycles. The van der Waals surface area contributed by atoms with Gasteiger partial charge in [0.2, 0.25) is 0 Å². The largest absolute Gasteiger partial charge is 0.496 e. The third kappa shape index (κ3) is 3.57. The predicted molar refractivity (Wildman–Crippen MR) is 88.3 cm³/mol. The van der Waals surface area contributed by atoms with Crippen molar-refractivity contribution in [3.8, 4) is 5.75 Å². The van der Waals surface area contributed by atoms with Crippen molar-refractivity contribution in [2.45, 2.75) is 6.92 Å². The van der Waals surface area contributed by atoms with Gasteiger partial charge < -0.3 is 15.4 Å². The maximum Gasteiger partial charge on any atom is 0.293 e. The topological polar surface area (TPSA) is 93.5 Å². The van der Waals surface area contributed by atoms with Crippen LogP contribution >= 0.6 is 0 Å². The summed E-state index contributed by atoms with van der Waals surface area (Å²) in [6.45, 7) is 1.89. The van der Waals surface area contributed by atoms with Gasteiger partial charge in [-0.15, -0.1) is 0 Å². The predicted octanol–water partition coefficient (Wildman–Crippen LogP) is 3.21. The summed E-state index contributed by atoms with van der Waals surface area (Å²) in [5, 5.41) is 16.5. The maximum absolute atomic E-state index is 12.3. The number of nitro benzene ring substituents is 1. The van der Waals surface area contributed by atoms with Crippen molar-refractivity contribution in [1.82, 2.24) is 0 Å². The molecule has 0 bridgehead atoms. The molecule has 2 aromatic rings. The molecule has 0 unspecified atom stereocenters. The van der Waals surface area contributed by atoms with Gasteiger partial charge in [0.15, 0.2) is 0 Å². The van der Waals surface area contributed by atoms with Crippen molar-refractivity contribution in [2.75, 3.05) is 24.8 Å². The summed E-state index contributed by atoms with van der Waals surface area (Å²) in [6.07, 6.45) is 0. The van der Waals surface area contributed by atoms with E-state index in [1.54, 1.807) is 26.3 Å². The fourth-order valence-electron chi connectivity index (χ4n) is 2.14. The van der Waals surface area contributed by atoms with E-state index >= 15 is 0 Å². The highest BCUT2D eigenvalue weighted by Crippen LogP contribution is 2.26. The number of carbonyl (C=O) groups is 1. The van der Waals surface area contributed by atoms with Gasteiger partial charge in [0.25, 0.3) is 11.6 Å². The Labute approximate surface area is 133 Å². The van der Waals surface area contributed by atoms with Crippen molar-refractivity contribution in [1.29, 1.82) is 0 Å². The van der Waals surface area contributed by atoms with Crippen LogP contribution in [0.2, 0.25) is 0 Å². The van der Waals surface area contributed by atoms with Gasteiger partial charge in [-0.05, 0) is 30.7 Å². The van der Waals surface area contributed by atoms with Crippen LogP contribution in [0.25, 0.3) is 0 Å².